The first-order valence-electron chi connectivity index (χ1n) is 6.65. The zero-order chi connectivity index (χ0) is 14.9. The molecule has 2 N–H and O–H groups in total. The van der Waals surface area contributed by atoms with Gasteiger partial charge in [0.1, 0.15) is 12.4 Å². The minimum Gasteiger partial charge on any atom is -0.492 e. The normalized spacial score (nSPS) is 11.5. The van der Waals surface area contributed by atoms with Crippen molar-refractivity contribution in [2.45, 2.75) is 0 Å². The van der Waals surface area contributed by atoms with Crippen molar-refractivity contribution in [3.8, 4) is 0 Å². The fourth-order valence-electron chi connectivity index (χ4n) is 1.14. The van der Waals surface area contributed by atoms with Gasteiger partial charge in [0, 0.05) is 19.8 Å². The SMILES string of the molecule is C=C(/C=C\C=NC)OCCOCCOCCOCCN. The van der Waals surface area contributed by atoms with Crippen LogP contribution in [0.25, 0.3) is 0 Å². The van der Waals surface area contributed by atoms with Crippen LogP contribution in [0.15, 0.2) is 29.5 Å². The minimum absolute atomic E-state index is 0.464. The highest BCUT2D eigenvalue weighted by atomic mass is 16.6. The third-order valence-electron chi connectivity index (χ3n) is 2.04. The molecule has 0 aliphatic carbocycles. The van der Waals surface area contributed by atoms with Gasteiger partial charge in [-0.25, -0.2) is 0 Å². The van der Waals surface area contributed by atoms with Crippen LogP contribution in [0.4, 0.5) is 0 Å². The van der Waals surface area contributed by atoms with Crippen molar-refractivity contribution in [3.05, 3.63) is 24.5 Å². The Bertz CT molecular complexity index is 280. The predicted octanol–water partition coefficient (Wildman–Crippen LogP) is 0.782. The van der Waals surface area contributed by atoms with Gasteiger partial charge in [-0.2, -0.15) is 0 Å². The highest BCUT2D eigenvalue weighted by Crippen LogP contribution is 1.94. The number of nitrogens with two attached hydrogens (primary N) is 1. The molecule has 0 aromatic heterocycles. The fourth-order valence-corrected chi connectivity index (χ4v) is 1.14. The lowest BCUT2D eigenvalue weighted by molar-refractivity contribution is 0.00655. The summed E-state index contributed by atoms with van der Waals surface area (Å²) in [5.41, 5.74) is 5.28. The van der Waals surface area contributed by atoms with E-state index in [4.69, 9.17) is 24.7 Å². The van der Waals surface area contributed by atoms with E-state index in [2.05, 4.69) is 11.6 Å². The average Bonchev–Trinajstić information content (AvgIpc) is 2.45. The first-order valence-corrected chi connectivity index (χ1v) is 6.65. The summed E-state index contributed by atoms with van der Waals surface area (Å²) in [5.74, 6) is 0.585. The maximum atomic E-state index is 5.34. The van der Waals surface area contributed by atoms with Gasteiger partial charge in [0.05, 0.1) is 39.6 Å². The van der Waals surface area contributed by atoms with Crippen LogP contribution in [0.3, 0.4) is 0 Å². The monoisotopic (exact) mass is 286 g/mol. The first-order chi connectivity index (χ1) is 9.81. The summed E-state index contributed by atoms with van der Waals surface area (Å²) in [4.78, 5) is 3.81. The van der Waals surface area contributed by atoms with Gasteiger partial charge in [0.2, 0.25) is 0 Å². The van der Waals surface area contributed by atoms with E-state index >= 15 is 0 Å². The Hall–Kier alpha value is -1.21. The van der Waals surface area contributed by atoms with Gasteiger partial charge in [-0.15, -0.1) is 0 Å². The molecule has 0 spiro atoms. The minimum atomic E-state index is 0.464. The molecule has 0 rings (SSSR count). The summed E-state index contributed by atoms with van der Waals surface area (Å²) < 4.78 is 21.1. The predicted molar refractivity (Wildman–Crippen MR) is 80.2 cm³/mol. The lowest BCUT2D eigenvalue weighted by atomic mass is 10.4. The summed E-state index contributed by atoms with van der Waals surface area (Å²) in [5, 5.41) is 0. The zero-order valence-corrected chi connectivity index (χ0v) is 12.3. The third kappa shape index (κ3) is 14.8. The topological polar surface area (TPSA) is 75.3 Å². The molecule has 20 heavy (non-hydrogen) atoms. The lowest BCUT2D eigenvalue weighted by Gasteiger charge is -2.07. The van der Waals surface area contributed by atoms with Crippen LogP contribution in [-0.4, -0.2) is 66.1 Å². The van der Waals surface area contributed by atoms with Crippen LogP contribution in [-0.2, 0) is 18.9 Å². The fraction of sp³-hybridized carbons (Fsp3) is 0.643. The maximum Gasteiger partial charge on any atom is 0.112 e. The van der Waals surface area contributed by atoms with Crippen LogP contribution in [0, 0.1) is 0 Å². The summed E-state index contributed by atoms with van der Waals surface area (Å²) in [6.07, 6.45) is 5.18. The van der Waals surface area contributed by atoms with E-state index in [1.165, 1.54) is 0 Å². The smallest absolute Gasteiger partial charge is 0.112 e. The van der Waals surface area contributed by atoms with Crippen molar-refractivity contribution in [2.24, 2.45) is 10.7 Å². The molecule has 0 fully saturated rings. The maximum absolute atomic E-state index is 5.34. The van der Waals surface area contributed by atoms with E-state index in [1.54, 1.807) is 25.4 Å². The summed E-state index contributed by atoms with van der Waals surface area (Å²) in [7, 11) is 1.70. The molecule has 0 aliphatic rings. The van der Waals surface area contributed by atoms with Crippen LogP contribution < -0.4 is 5.73 Å². The van der Waals surface area contributed by atoms with Gasteiger partial charge in [0.25, 0.3) is 0 Å². The second-order valence-corrected chi connectivity index (χ2v) is 3.71. The Balaban J connectivity index is 3.18. The molecule has 0 unspecified atom stereocenters. The summed E-state index contributed by atoms with van der Waals surface area (Å²) in [6.45, 7) is 8.00. The van der Waals surface area contributed by atoms with Crippen LogP contribution >= 0.6 is 0 Å². The van der Waals surface area contributed by atoms with Crippen molar-refractivity contribution < 1.29 is 18.9 Å². The summed E-state index contributed by atoms with van der Waals surface area (Å²) in [6, 6.07) is 0. The molecule has 0 saturated heterocycles. The standard InChI is InChI=1S/C14H26N2O4/c1-14(4-3-6-16-2)20-13-12-19-11-10-18-9-8-17-7-5-15/h3-4,6H,1,5,7-13,15H2,2H3/b4-3-,16-6?. The zero-order valence-electron chi connectivity index (χ0n) is 12.3. The Morgan fingerprint density at radius 3 is 2.10 bits per heavy atom. The van der Waals surface area contributed by atoms with Gasteiger partial charge in [0.15, 0.2) is 0 Å². The molecule has 116 valence electrons. The highest BCUT2D eigenvalue weighted by Gasteiger charge is 1.92. The van der Waals surface area contributed by atoms with Gasteiger partial charge in [-0.1, -0.05) is 6.58 Å². The van der Waals surface area contributed by atoms with Gasteiger partial charge >= 0.3 is 0 Å². The largest absolute Gasteiger partial charge is 0.492 e. The van der Waals surface area contributed by atoms with E-state index in [-0.39, 0.29) is 0 Å². The second kappa shape index (κ2) is 15.8. The van der Waals surface area contributed by atoms with Gasteiger partial charge in [-0.05, 0) is 12.2 Å². The van der Waals surface area contributed by atoms with Crippen molar-refractivity contribution in [2.75, 3.05) is 59.8 Å². The second-order valence-electron chi connectivity index (χ2n) is 3.71. The molecule has 0 atom stereocenters. The Morgan fingerprint density at radius 1 is 1.00 bits per heavy atom. The summed E-state index contributed by atoms with van der Waals surface area (Å²) >= 11 is 0. The van der Waals surface area contributed by atoms with Crippen LogP contribution in [0.5, 0.6) is 0 Å². The molecule has 0 saturated carbocycles. The molecule has 0 aliphatic heterocycles. The van der Waals surface area contributed by atoms with Gasteiger partial charge in [-0.3, -0.25) is 4.99 Å². The Kier molecular flexibility index (Phi) is 14.9. The van der Waals surface area contributed by atoms with E-state index < -0.39 is 0 Å². The quantitative estimate of drug-likeness (QED) is 0.221. The number of hydrogen-bond acceptors (Lipinski definition) is 6. The van der Waals surface area contributed by atoms with E-state index in [1.807, 2.05) is 0 Å². The lowest BCUT2D eigenvalue weighted by Crippen LogP contribution is -2.14. The molecule has 0 aromatic carbocycles. The number of nitrogens with zero attached hydrogens (tertiary/aromatic N) is 1. The van der Waals surface area contributed by atoms with E-state index in [0.29, 0.717) is 58.6 Å². The van der Waals surface area contributed by atoms with Crippen molar-refractivity contribution in [1.29, 1.82) is 0 Å². The Morgan fingerprint density at radius 2 is 1.55 bits per heavy atom. The van der Waals surface area contributed by atoms with Crippen LogP contribution in [0.2, 0.25) is 0 Å². The van der Waals surface area contributed by atoms with Crippen molar-refractivity contribution >= 4 is 6.21 Å². The molecule has 0 bridgehead atoms. The number of ether oxygens (including phenoxy) is 4. The molecule has 0 amide bonds. The Labute approximate surface area is 121 Å². The first kappa shape index (κ1) is 18.8. The van der Waals surface area contributed by atoms with Gasteiger partial charge < -0.3 is 24.7 Å². The molecule has 0 aromatic rings. The molecule has 6 heteroatoms. The third-order valence-corrected chi connectivity index (χ3v) is 2.04. The molecule has 0 heterocycles. The molecule has 6 nitrogen and oxygen atoms in total. The number of hydrogen-bond donors (Lipinski definition) is 1. The van der Waals surface area contributed by atoms with Crippen molar-refractivity contribution in [3.63, 3.8) is 0 Å². The number of rotatable bonds is 14. The highest BCUT2D eigenvalue weighted by molar-refractivity contribution is 5.71. The van der Waals surface area contributed by atoms with E-state index in [0.717, 1.165) is 0 Å². The van der Waals surface area contributed by atoms with E-state index in [9.17, 15) is 0 Å². The number of allylic oxidation sites excluding steroid dienone is 2. The molecular formula is C14H26N2O4. The van der Waals surface area contributed by atoms with Crippen LogP contribution in [0.1, 0.15) is 0 Å². The average molecular weight is 286 g/mol. The molecular weight excluding hydrogens is 260 g/mol. The number of aliphatic imine (C=N–C) groups is 1. The molecule has 0 radical (unpaired) electrons. The van der Waals surface area contributed by atoms with Crippen molar-refractivity contribution in [1.82, 2.24) is 0 Å².